The fraction of sp³-hybridized carbons (Fsp3) is 0.250. The van der Waals surface area contributed by atoms with Crippen LogP contribution < -0.4 is 4.90 Å². The Balaban J connectivity index is 1.79. The minimum absolute atomic E-state index is 0.0685. The minimum atomic E-state index is -0.796. The highest BCUT2D eigenvalue weighted by Crippen LogP contribution is 2.41. The predicted octanol–water partition coefficient (Wildman–Crippen LogP) is 7.41. The molecule has 1 aromatic heterocycles. The zero-order valence-electron chi connectivity index (χ0n) is 19.8. The zero-order valence-corrected chi connectivity index (χ0v) is 20.6. The first-order valence-corrected chi connectivity index (χ1v) is 11.8. The quantitative estimate of drug-likeness (QED) is 0.315. The van der Waals surface area contributed by atoms with Crippen LogP contribution in [0.4, 0.5) is 5.69 Å². The normalized spacial score (nSPS) is 16.3. The highest BCUT2D eigenvalue weighted by Gasteiger charge is 2.38. The van der Waals surface area contributed by atoms with Crippen molar-refractivity contribution >= 4 is 35.3 Å². The van der Waals surface area contributed by atoms with E-state index in [1.54, 1.807) is 11.3 Å². The number of hydrogen-bond acceptors (Lipinski definition) is 4. The van der Waals surface area contributed by atoms with Gasteiger partial charge < -0.3 is 9.64 Å². The van der Waals surface area contributed by atoms with Gasteiger partial charge in [0.05, 0.1) is 19.2 Å². The van der Waals surface area contributed by atoms with Gasteiger partial charge in [-0.1, -0.05) is 24.3 Å². The molecular weight excluding hydrogens is 440 g/mol. The van der Waals surface area contributed by atoms with Crippen molar-refractivity contribution in [2.24, 2.45) is 0 Å². The molecular formula is C28H26N4OS. The van der Waals surface area contributed by atoms with E-state index >= 15 is 0 Å². The number of benzene rings is 1. The Morgan fingerprint density at radius 3 is 2.18 bits per heavy atom. The van der Waals surface area contributed by atoms with E-state index in [2.05, 4.69) is 70.9 Å². The van der Waals surface area contributed by atoms with Crippen LogP contribution in [0.25, 0.3) is 27.9 Å². The average molecular weight is 467 g/mol. The van der Waals surface area contributed by atoms with E-state index in [4.69, 9.17) is 17.9 Å². The third kappa shape index (κ3) is 5.29. The van der Waals surface area contributed by atoms with Crippen LogP contribution in [0.5, 0.6) is 0 Å². The SMILES string of the molecule is [C-]#[N+]C1=C(/C=C/c2ccc(/C=C/c3ccc(N(CC)CC)cc3)s2)C(C)(C)O/C1=C(\C#N)[N+]#[C-]. The van der Waals surface area contributed by atoms with E-state index in [1.807, 2.05) is 38.1 Å². The molecule has 170 valence electrons. The smallest absolute Gasteiger partial charge is 0.292 e. The van der Waals surface area contributed by atoms with Gasteiger partial charge in [0, 0.05) is 34.1 Å². The Kier molecular flexibility index (Phi) is 7.75. The van der Waals surface area contributed by atoms with Gasteiger partial charge in [-0.15, -0.1) is 11.3 Å². The summed E-state index contributed by atoms with van der Waals surface area (Å²) in [5, 5.41) is 9.21. The van der Waals surface area contributed by atoms with Crippen LogP contribution in [-0.2, 0) is 4.74 Å². The zero-order chi connectivity index (χ0) is 24.7. The molecule has 2 heterocycles. The largest absolute Gasteiger partial charge is 0.505 e. The van der Waals surface area contributed by atoms with E-state index in [0.717, 1.165) is 28.4 Å². The summed E-state index contributed by atoms with van der Waals surface area (Å²) in [7, 11) is 0. The molecule has 1 aliphatic heterocycles. The summed E-state index contributed by atoms with van der Waals surface area (Å²) < 4.78 is 5.82. The van der Waals surface area contributed by atoms with Gasteiger partial charge >= 0.3 is 0 Å². The third-order valence-corrected chi connectivity index (χ3v) is 6.56. The van der Waals surface area contributed by atoms with Crippen molar-refractivity contribution in [3.63, 3.8) is 0 Å². The summed E-state index contributed by atoms with van der Waals surface area (Å²) in [5.74, 6) is 0.0685. The summed E-state index contributed by atoms with van der Waals surface area (Å²) >= 11 is 1.64. The second-order valence-electron chi connectivity index (χ2n) is 8.06. The van der Waals surface area contributed by atoms with Crippen molar-refractivity contribution in [1.82, 2.24) is 0 Å². The van der Waals surface area contributed by atoms with Crippen molar-refractivity contribution in [1.29, 1.82) is 5.26 Å². The van der Waals surface area contributed by atoms with Crippen LogP contribution in [0.2, 0.25) is 0 Å². The molecule has 3 rings (SSSR count). The molecule has 0 atom stereocenters. The van der Waals surface area contributed by atoms with E-state index < -0.39 is 5.60 Å². The Hall–Kier alpha value is -4.05. The average Bonchev–Trinajstić information content (AvgIpc) is 3.39. The first-order valence-electron chi connectivity index (χ1n) is 11.0. The van der Waals surface area contributed by atoms with Crippen LogP contribution in [-0.4, -0.2) is 18.7 Å². The maximum Gasteiger partial charge on any atom is 0.292 e. The Labute approximate surface area is 205 Å². The molecule has 0 saturated carbocycles. The predicted molar refractivity (Wildman–Crippen MR) is 140 cm³/mol. The highest BCUT2D eigenvalue weighted by molar-refractivity contribution is 7.13. The number of nitriles is 1. The summed E-state index contributed by atoms with van der Waals surface area (Å²) in [5.41, 5.74) is 2.26. The molecule has 2 aromatic rings. The lowest BCUT2D eigenvalue weighted by Gasteiger charge is -2.21. The van der Waals surface area contributed by atoms with Gasteiger partial charge in [-0.3, -0.25) is 0 Å². The summed E-state index contributed by atoms with van der Waals surface area (Å²) in [4.78, 5) is 11.2. The van der Waals surface area contributed by atoms with Crippen LogP contribution in [0, 0.1) is 24.5 Å². The lowest BCUT2D eigenvalue weighted by Crippen LogP contribution is -2.21. The van der Waals surface area contributed by atoms with Gasteiger partial charge in [-0.25, -0.2) is 15.0 Å². The Bertz CT molecular complexity index is 1280. The van der Waals surface area contributed by atoms with Gasteiger partial charge in [0.2, 0.25) is 5.70 Å². The first kappa shape index (κ1) is 24.6. The number of rotatable bonds is 7. The molecule has 6 heteroatoms. The molecule has 0 amide bonds. The molecule has 0 radical (unpaired) electrons. The molecule has 34 heavy (non-hydrogen) atoms. The van der Waals surface area contributed by atoms with Crippen LogP contribution in [0.3, 0.4) is 0 Å². The minimum Gasteiger partial charge on any atom is -0.505 e. The van der Waals surface area contributed by atoms with E-state index in [9.17, 15) is 5.26 Å². The van der Waals surface area contributed by atoms with Crippen molar-refractivity contribution in [2.75, 3.05) is 18.0 Å². The first-order chi connectivity index (χ1) is 16.4. The van der Waals surface area contributed by atoms with Gasteiger partial charge in [0.1, 0.15) is 11.4 Å². The molecule has 1 aliphatic rings. The lowest BCUT2D eigenvalue weighted by atomic mass is 9.97. The topological polar surface area (TPSA) is 45.0 Å². The maximum absolute atomic E-state index is 9.21. The van der Waals surface area contributed by atoms with Gasteiger partial charge in [0.15, 0.2) is 0 Å². The molecule has 0 aliphatic carbocycles. The number of hydrogen-bond donors (Lipinski definition) is 0. The van der Waals surface area contributed by atoms with Gasteiger partial charge in [-0.2, -0.15) is 0 Å². The third-order valence-electron chi connectivity index (χ3n) is 5.54. The second kappa shape index (κ2) is 10.7. The second-order valence-corrected chi connectivity index (χ2v) is 9.21. The molecule has 0 fully saturated rings. The highest BCUT2D eigenvalue weighted by atomic mass is 32.1. The van der Waals surface area contributed by atoms with Crippen LogP contribution in [0.15, 0.2) is 65.2 Å². The molecule has 0 N–H and O–H groups in total. The van der Waals surface area contributed by atoms with Crippen molar-refractivity contribution in [3.05, 3.63) is 103 Å². The monoisotopic (exact) mass is 466 g/mol. The summed E-state index contributed by atoms with van der Waals surface area (Å²) in [6, 6.07) is 14.5. The number of nitrogens with zero attached hydrogens (tertiary/aromatic N) is 4. The fourth-order valence-corrected chi connectivity index (χ4v) is 4.54. The molecule has 5 nitrogen and oxygen atoms in total. The number of thiophene rings is 1. The van der Waals surface area contributed by atoms with E-state index in [0.29, 0.717) is 5.57 Å². The molecule has 1 aromatic carbocycles. The van der Waals surface area contributed by atoms with Gasteiger partial charge in [-0.05, 0) is 69.7 Å². The van der Waals surface area contributed by atoms with E-state index in [-0.39, 0.29) is 17.2 Å². The summed E-state index contributed by atoms with van der Waals surface area (Å²) in [6.07, 6.45) is 7.99. The standard InChI is InChI=1S/C28H26N4OS/c1-7-32(8-2)21-12-9-20(10-13-21)11-14-22-15-16-23(34-22)17-18-24-26(31-6)27(25(19-29)30-5)33-28(24,3)4/h9-18H,7-8H2,1-4H3/b14-11+,18-17+,27-25+. The molecule has 0 unspecified atom stereocenters. The number of ether oxygens (including phenoxy) is 1. The number of allylic oxidation sites excluding steroid dienone is 1. The number of anilines is 1. The molecule has 0 bridgehead atoms. The van der Waals surface area contributed by atoms with Crippen molar-refractivity contribution < 1.29 is 4.74 Å². The lowest BCUT2D eigenvalue weighted by molar-refractivity contribution is 0.0952. The maximum atomic E-state index is 9.21. The van der Waals surface area contributed by atoms with Crippen molar-refractivity contribution in [3.8, 4) is 6.07 Å². The van der Waals surface area contributed by atoms with Crippen LogP contribution in [0.1, 0.15) is 43.0 Å². The fourth-order valence-electron chi connectivity index (χ4n) is 3.72. The summed E-state index contributed by atoms with van der Waals surface area (Å²) in [6.45, 7) is 24.7. The Morgan fingerprint density at radius 1 is 1.03 bits per heavy atom. The molecule has 0 saturated heterocycles. The molecule has 0 spiro atoms. The van der Waals surface area contributed by atoms with Crippen molar-refractivity contribution in [2.45, 2.75) is 33.3 Å². The van der Waals surface area contributed by atoms with Gasteiger partial charge in [0.25, 0.3) is 5.70 Å². The van der Waals surface area contributed by atoms with E-state index in [1.165, 1.54) is 5.69 Å². The van der Waals surface area contributed by atoms with Crippen LogP contribution >= 0.6 is 11.3 Å². The Morgan fingerprint density at radius 2 is 1.65 bits per heavy atom.